The zero-order chi connectivity index (χ0) is 13.1. The summed E-state index contributed by atoms with van der Waals surface area (Å²) in [7, 11) is -3.78. The first kappa shape index (κ1) is 13.7. The zero-order valence-corrected chi connectivity index (χ0v) is 10.5. The molecule has 0 aromatic heterocycles. The molecule has 0 aliphatic carbocycles. The lowest BCUT2D eigenvalue weighted by atomic mass is 9.90. The van der Waals surface area contributed by atoms with E-state index in [4.69, 9.17) is 5.73 Å². The van der Waals surface area contributed by atoms with Crippen LogP contribution in [0.1, 0.15) is 18.9 Å². The number of nitrogens with two attached hydrogens (primary N) is 1. The molecule has 0 aliphatic rings. The first-order valence-electron chi connectivity index (χ1n) is 4.97. The molecular formula is C11H15NO4S. The van der Waals surface area contributed by atoms with Crippen LogP contribution in [0.25, 0.3) is 0 Å². The van der Waals surface area contributed by atoms with E-state index >= 15 is 0 Å². The van der Waals surface area contributed by atoms with Crippen LogP contribution in [0.4, 0.5) is 0 Å². The Morgan fingerprint density at radius 2 is 1.88 bits per heavy atom. The highest BCUT2D eigenvalue weighted by molar-refractivity contribution is 7.86. The van der Waals surface area contributed by atoms with E-state index in [9.17, 15) is 13.2 Å². The largest absolute Gasteiger partial charge is 0.346 e. The quantitative estimate of drug-likeness (QED) is 0.804. The van der Waals surface area contributed by atoms with Crippen molar-refractivity contribution in [2.24, 2.45) is 5.73 Å². The van der Waals surface area contributed by atoms with Crippen molar-refractivity contribution in [3.8, 4) is 0 Å². The lowest BCUT2D eigenvalue weighted by Crippen LogP contribution is -2.36. The maximum atomic E-state index is 11.4. The van der Waals surface area contributed by atoms with Gasteiger partial charge in [0.1, 0.15) is 0 Å². The summed E-state index contributed by atoms with van der Waals surface area (Å²) in [6.45, 7) is 1.64. The monoisotopic (exact) mass is 257 g/mol. The van der Waals surface area contributed by atoms with Crippen molar-refractivity contribution in [1.29, 1.82) is 0 Å². The van der Waals surface area contributed by atoms with Gasteiger partial charge >= 0.3 is 16.1 Å². The fraction of sp³-hybridized carbons (Fsp3) is 0.364. The standard InChI is InChI=1S/C11H15NO4S/c1-11(12,9-6-4-3-5-7-9)8-10(13)16-17(2,14)15/h3-7H,8,12H2,1-2H3. The van der Waals surface area contributed by atoms with Gasteiger partial charge in [-0.05, 0) is 12.5 Å². The smallest absolute Gasteiger partial charge is 0.324 e. The van der Waals surface area contributed by atoms with E-state index < -0.39 is 21.6 Å². The number of hydrogen-bond donors (Lipinski definition) is 1. The van der Waals surface area contributed by atoms with Crippen LogP contribution in [0.3, 0.4) is 0 Å². The van der Waals surface area contributed by atoms with Gasteiger partial charge in [0.25, 0.3) is 0 Å². The molecule has 0 saturated heterocycles. The Labute approximate surface area is 101 Å². The van der Waals surface area contributed by atoms with Crippen molar-refractivity contribution in [2.75, 3.05) is 6.26 Å². The first-order valence-corrected chi connectivity index (χ1v) is 6.79. The average Bonchev–Trinajstić information content (AvgIpc) is 2.15. The van der Waals surface area contributed by atoms with Gasteiger partial charge in [0.15, 0.2) is 0 Å². The Morgan fingerprint density at radius 3 is 2.35 bits per heavy atom. The van der Waals surface area contributed by atoms with Crippen molar-refractivity contribution < 1.29 is 17.4 Å². The minimum Gasteiger partial charge on any atom is -0.346 e. The van der Waals surface area contributed by atoms with Crippen LogP contribution in [0.2, 0.25) is 0 Å². The molecule has 1 aromatic carbocycles. The molecule has 0 fully saturated rings. The lowest BCUT2D eigenvalue weighted by molar-refractivity contribution is -0.135. The van der Waals surface area contributed by atoms with Crippen molar-refractivity contribution in [3.63, 3.8) is 0 Å². The molecule has 2 N–H and O–H groups in total. The van der Waals surface area contributed by atoms with E-state index in [1.807, 2.05) is 6.07 Å². The lowest BCUT2D eigenvalue weighted by Gasteiger charge is -2.23. The Balaban J connectivity index is 2.77. The molecule has 1 unspecified atom stereocenters. The fourth-order valence-electron chi connectivity index (χ4n) is 1.42. The van der Waals surface area contributed by atoms with Crippen LogP contribution in [0.15, 0.2) is 30.3 Å². The maximum absolute atomic E-state index is 11.4. The predicted molar refractivity (Wildman–Crippen MR) is 63.5 cm³/mol. The van der Waals surface area contributed by atoms with Crippen LogP contribution in [0, 0.1) is 0 Å². The second kappa shape index (κ2) is 4.85. The van der Waals surface area contributed by atoms with Gasteiger partial charge in [0.05, 0.1) is 12.7 Å². The van der Waals surface area contributed by atoms with Crippen molar-refractivity contribution in [1.82, 2.24) is 0 Å². The van der Waals surface area contributed by atoms with E-state index in [0.29, 0.717) is 0 Å². The summed E-state index contributed by atoms with van der Waals surface area (Å²) >= 11 is 0. The Kier molecular flexibility index (Phi) is 3.90. The molecule has 0 amide bonds. The molecule has 1 rings (SSSR count). The third-order valence-corrected chi connectivity index (χ3v) is 2.68. The van der Waals surface area contributed by atoms with Crippen molar-refractivity contribution >= 4 is 16.1 Å². The Morgan fingerprint density at radius 1 is 1.35 bits per heavy atom. The number of carbonyl (C=O) groups excluding carboxylic acids is 1. The van der Waals surface area contributed by atoms with Gasteiger partial charge in [0, 0.05) is 5.54 Å². The molecule has 0 heterocycles. The molecular weight excluding hydrogens is 242 g/mol. The highest BCUT2D eigenvalue weighted by atomic mass is 32.2. The van der Waals surface area contributed by atoms with Gasteiger partial charge in [-0.2, -0.15) is 8.42 Å². The predicted octanol–water partition coefficient (Wildman–Crippen LogP) is 0.753. The molecule has 17 heavy (non-hydrogen) atoms. The summed E-state index contributed by atoms with van der Waals surface area (Å²) in [6, 6.07) is 8.96. The third-order valence-electron chi connectivity index (χ3n) is 2.19. The SMILES string of the molecule is CC(N)(CC(=O)OS(C)(=O)=O)c1ccccc1. The fourth-order valence-corrected chi connectivity index (χ4v) is 1.82. The summed E-state index contributed by atoms with van der Waals surface area (Å²) in [5, 5.41) is 0. The summed E-state index contributed by atoms with van der Waals surface area (Å²) in [4.78, 5) is 11.4. The molecule has 0 saturated carbocycles. The van der Waals surface area contributed by atoms with E-state index in [-0.39, 0.29) is 6.42 Å². The van der Waals surface area contributed by atoms with E-state index in [0.717, 1.165) is 11.8 Å². The number of rotatable bonds is 4. The van der Waals surface area contributed by atoms with Crippen LogP contribution < -0.4 is 5.73 Å². The van der Waals surface area contributed by atoms with Crippen LogP contribution in [-0.4, -0.2) is 20.6 Å². The number of benzene rings is 1. The van der Waals surface area contributed by atoms with Gasteiger partial charge in [0.2, 0.25) is 0 Å². The molecule has 6 heteroatoms. The van der Waals surface area contributed by atoms with E-state index in [1.165, 1.54) is 0 Å². The van der Waals surface area contributed by atoms with E-state index in [2.05, 4.69) is 4.18 Å². The normalized spacial score (nSPS) is 15.0. The molecule has 0 bridgehead atoms. The number of carbonyl (C=O) groups is 1. The first-order chi connectivity index (χ1) is 7.71. The summed E-state index contributed by atoms with van der Waals surface area (Å²) in [6.07, 6.45) is 0.616. The zero-order valence-electron chi connectivity index (χ0n) is 9.71. The maximum Gasteiger partial charge on any atom is 0.324 e. The minimum atomic E-state index is -3.78. The summed E-state index contributed by atoms with van der Waals surface area (Å²) in [5.74, 6) is -0.860. The highest BCUT2D eigenvalue weighted by Gasteiger charge is 2.27. The molecule has 0 radical (unpaired) electrons. The Hall–Kier alpha value is -1.40. The molecule has 0 aliphatic heterocycles. The average molecular weight is 257 g/mol. The molecule has 1 aromatic rings. The van der Waals surface area contributed by atoms with Crippen molar-refractivity contribution in [3.05, 3.63) is 35.9 Å². The molecule has 5 nitrogen and oxygen atoms in total. The van der Waals surface area contributed by atoms with Gasteiger partial charge in [-0.15, -0.1) is 0 Å². The molecule has 94 valence electrons. The topological polar surface area (TPSA) is 86.5 Å². The van der Waals surface area contributed by atoms with Gasteiger partial charge < -0.3 is 9.92 Å². The van der Waals surface area contributed by atoms with E-state index in [1.54, 1.807) is 31.2 Å². The Bertz CT molecular complexity index is 493. The highest BCUT2D eigenvalue weighted by Crippen LogP contribution is 2.21. The second-order valence-electron chi connectivity index (χ2n) is 4.12. The molecule has 0 spiro atoms. The summed E-state index contributed by atoms with van der Waals surface area (Å²) in [5.41, 5.74) is 5.75. The minimum absolute atomic E-state index is 0.204. The third kappa shape index (κ3) is 4.54. The van der Waals surface area contributed by atoms with Gasteiger partial charge in [-0.1, -0.05) is 30.3 Å². The summed E-state index contributed by atoms with van der Waals surface area (Å²) < 4.78 is 25.8. The van der Waals surface area contributed by atoms with Crippen LogP contribution in [-0.2, 0) is 24.6 Å². The number of hydrogen-bond acceptors (Lipinski definition) is 5. The van der Waals surface area contributed by atoms with Gasteiger partial charge in [-0.3, -0.25) is 4.79 Å². The molecule has 1 atom stereocenters. The van der Waals surface area contributed by atoms with Crippen LogP contribution >= 0.6 is 0 Å². The second-order valence-corrected chi connectivity index (χ2v) is 5.69. The van der Waals surface area contributed by atoms with Crippen molar-refractivity contribution in [2.45, 2.75) is 18.9 Å². The van der Waals surface area contributed by atoms with Gasteiger partial charge in [-0.25, -0.2) is 0 Å². The van der Waals surface area contributed by atoms with Crippen LogP contribution in [0.5, 0.6) is 0 Å².